The number of hydrogen-bond donors (Lipinski definition) is 0. The van der Waals surface area contributed by atoms with Crippen LogP contribution in [0.25, 0.3) is 6.08 Å². The first-order valence-corrected chi connectivity index (χ1v) is 9.98. The summed E-state index contributed by atoms with van der Waals surface area (Å²) in [6.07, 6.45) is 1.60. The maximum Gasteiger partial charge on any atom is 0.343 e. The van der Waals surface area contributed by atoms with Crippen LogP contribution in [0.5, 0.6) is 34.5 Å². The molecule has 166 valence electrons. The monoisotopic (exact) mass is 446 g/mol. The Morgan fingerprint density at radius 2 is 1.73 bits per heavy atom. The van der Waals surface area contributed by atoms with Gasteiger partial charge in [0, 0.05) is 6.07 Å². The molecule has 8 heteroatoms. The van der Waals surface area contributed by atoms with Crippen LogP contribution in [0, 0.1) is 0 Å². The zero-order chi connectivity index (χ0) is 22.9. The second kappa shape index (κ2) is 8.23. The third-order valence-corrected chi connectivity index (χ3v) is 5.17. The van der Waals surface area contributed by atoms with Gasteiger partial charge in [0.15, 0.2) is 28.8 Å². The summed E-state index contributed by atoms with van der Waals surface area (Å²) in [5.41, 5.74) is 1.41. The molecule has 0 unspecified atom stereocenters. The van der Waals surface area contributed by atoms with Crippen molar-refractivity contribution in [1.29, 1.82) is 0 Å². The van der Waals surface area contributed by atoms with Crippen molar-refractivity contribution in [1.82, 2.24) is 0 Å². The Labute approximate surface area is 188 Å². The summed E-state index contributed by atoms with van der Waals surface area (Å²) in [6, 6.07) is 14.8. The molecule has 0 spiro atoms. The lowest BCUT2D eigenvalue weighted by Gasteiger charge is -2.10. The van der Waals surface area contributed by atoms with Gasteiger partial charge < -0.3 is 28.4 Å². The fraction of sp³-hybridized carbons (Fsp3) is 0.120. The maximum atomic E-state index is 12.7. The predicted molar refractivity (Wildman–Crippen MR) is 116 cm³/mol. The molecular weight excluding hydrogens is 428 g/mol. The molecule has 0 amide bonds. The first-order valence-electron chi connectivity index (χ1n) is 9.98. The highest BCUT2D eigenvalue weighted by atomic mass is 16.7. The average Bonchev–Trinajstić information content (AvgIpc) is 3.43. The first-order chi connectivity index (χ1) is 16.1. The summed E-state index contributed by atoms with van der Waals surface area (Å²) in [5, 5.41) is 0. The minimum Gasteiger partial charge on any atom is -0.497 e. The van der Waals surface area contributed by atoms with Gasteiger partial charge in [-0.2, -0.15) is 0 Å². The summed E-state index contributed by atoms with van der Waals surface area (Å²) in [7, 11) is 3.01. The maximum absolute atomic E-state index is 12.7. The molecule has 0 radical (unpaired) electrons. The van der Waals surface area contributed by atoms with Crippen LogP contribution in [0.3, 0.4) is 0 Å². The minimum absolute atomic E-state index is 0.115. The number of rotatable bonds is 5. The van der Waals surface area contributed by atoms with Crippen molar-refractivity contribution < 1.29 is 38.0 Å². The molecule has 2 aliphatic heterocycles. The van der Waals surface area contributed by atoms with Gasteiger partial charge >= 0.3 is 5.97 Å². The Balaban J connectivity index is 1.36. The third-order valence-electron chi connectivity index (χ3n) is 5.17. The molecular formula is C25H18O8. The van der Waals surface area contributed by atoms with E-state index in [4.69, 9.17) is 28.4 Å². The lowest BCUT2D eigenvalue weighted by atomic mass is 10.1. The number of ether oxygens (including phenoxy) is 6. The van der Waals surface area contributed by atoms with E-state index in [9.17, 15) is 9.59 Å². The fourth-order valence-corrected chi connectivity index (χ4v) is 3.49. The molecule has 3 aromatic rings. The van der Waals surface area contributed by atoms with Crippen LogP contribution in [-0.4, -0.2) is 32.8 Å². The summed E-state index contributed by atoms with van der Waals surface area (Å²) in [5.74, 6) is 2.01. The summed E-state index contributed by atoms with van der Waals surface area (Å²) < 4.78 is 32.3. The summed E-state index contributed by atoms with van der Waals surface area (Å²) >= 11 is 0. The van der Waals surface area contributed by atoms with Gasteiger partial charge in [0.25, 0.3) is 0 Å². The zero-order valence-electron chi connectivity index (χ0n) is 17.7. The standard InChI is InChI=1S/C25H18O8/c1-28-16-5-6-17-20(12-16)32-23(24(17)26)10-14-3-7-19(21(9-14)29-2)33-25(27)15-4-8-18-22(11-15)31-13-30-18/h3-12H,13H2,1-2H3/b23-10-. The van der Waals surface area contributed by atoms with Gasteiger partial charge in [-0.25, -0.2) is 4.79 Å². The molecule has 0 atom stereocenters. The Morgan fingerprint density at radius 3 is 2.55 bits per heavy atom. The molecule has 0 fully saturated rings. The van der Waals surface area contributed by atoms with Gasteiger partial charge in [-0.1, -0.05) is 6.07 Å². The van der Waals surface area contributed by atoms with E-state index in [0.29, 0.717) is 45.4 Å². The van der Waals surface area contributed by atoms with Crippen molar-refractivity contribution in [3.05, 3.63) is 77.0 Å². The Morgan fingerprint density at radius 1 is 0.879 bits per heavy atom. The van der Waals surface area contributed by atoms with E-state index in [1.165, 1.54) is 7.11 Å². The number of allylic oxidation sites excluding steroid dienone is 1. The molecule has 33 heavy (non-hydrogen) atoms. The SMILES string of the molecule is COc1ccc2c(c1)O/C(=C\c1ccc(OC(=O)c3ccc4c(c3)OCO4)c(OC)c1)C2=O. The van der Waals surface area contributed by atoms with E-state index in [-0.39, 0.29) is 24.1 Å². The second-order valence-electron chi connectivity index (χ2n) is 7.17. The quantitative estimate of drug-likeness (QED) is 0.326. The van der Waals surface area contributed by atoms with E-state index < -0.39 is 5.97 Å². The summed E-state index contributed by atoms with van der Waals surface area (Å²) in [6.45, 7) is 0.115. The van der Waals surface area contributed by atoms with Crippen molar-refractivity contribution >= 4 is 17.8 Å². The van der Waals surface area contributed by atoms with Gasteiger partial charge in [0.05, 0.1) is 25.3 Å². The molecule has 0 aliphatic carbocycles. The highest BCUT2D eigenvalue weighted by molar-refractivity contribution is 6.14. The van der Waals surface area contributed by atoms with Crippen LogP contribution in [0.4, 0.5) is 0 Å². The molecule has 0 bridgehead atoms. The van der Waals surface area contributed by atoms with Gasteiger partial charge in [-0.05, 0) is 54.1 Å². The topological polar surface area (TPSA) is 89.5 Å². The number of carbonyl (C=O) groups is 2. The number of carbonyl (C=O) groups excluding carboxylic acids is 2. The largest absolute Gasteiger partial charge is 0.497 e. The summed E-state index contributed by atoms with van der Waals surface area (Å²) in [4.78, 5) is 25.3. The normalized spacial score (nSPS) is 14.6. The average molecular weight is 446 g/mol. The van der Waals surface area contributed by atoms with E-state index in [0.717, 1.165) is 0 Å². The number of Topliss-reactive ketones (excluding diaryl/α,β-unsaturated/α-hetero) is 1. The minimum atomic E-state index is -0.573. The molecule has 2 heterocycles. The Hall–Kier alpha value is -4.46. The second-order valence-corrected chi connectivity index (χ2v) is 7.17. The zero-order valence-corrected chi connectivity index (χ0v) is 17.7. The fourth-order valence-electron chi connectivity index (χ4n) is 3.49. The molecule has 0 saturated carbocycles. The smallest absolute Gasteiger partial charge is 0.343 e. The number of hydrogen-bond acceptors (Lipinski definition) is 8. The molecule has 8 nitrogen and oxygen atoms in total. The molecule has 0 saturated heterocycles. The lowest BCUT2D eigenvalue weighted by molar-refractivity contribution is 0.0729. The predicted octanol–water partition coefficient (Wildman–Crippen LogP) is 4.27. The van der Waals surface area contributed by atoms with E-state index in [2.05, 4.69) is 0 Å². The molecule has 0 N–H and O–H groups in total. The molecule has 0 aromatic heterocycles. The van der Waals surface area contributed by atoms with Crippen LogP contribution in [0.2, 0.25) is 0 Å². The number of esters is 1. The van der Waals surface area contributed by atoms with E-state index in [1.807, 2.05) is 0 Å². The number of ketones is 1. The highest BCUT2D eigenvalue weighted by Gasteiger charge is 2.28. The number of benzene rings is 3. The van der Waals surface area contributed by atoms with E-state index in [1.54, 1.807) is 67.8 Å². The first kappa shape index (κ1) is 20.4. The third kappa shape index (κ3) is 3.82. The van der Waals surface area contributed by atoms with Crippen molar-refractivity contribution in [2.24, 2.45) is 0 Å². The van der Waals surface area contributed by atoms with Crippen LogP contribution >= 0.6 is 0 Å². The highest BCUT2D eigenvalue weighted by Crippen LogP contribution is 2.36. The van der Waals surface area contributed by atoms with Crippen LogP contribution in [-0.2, 0) is 0 Å². The van der Waals surface area contributed by atoms with Crippen molar-refractivity contribution in [2.75, 3.05) is 21.0 Å². The van der Waals surface area contributed by atoms with Crippen molar-refractivity contribution in [3.63, 3.8) is 0 Å². The van der Waals surface area contributed by atoms with Gasteiger partial charge in [-0.15, -0.1) is 0 Å². The molecule has 5 rings (SSSR count). The Kier molecular flexibility index (Phi) is 5.10. The van der Waals surface area contributed by atoms with Crippen LogP contribution in [0.15, 0.2) is 60.4 Å². The van der Waals surface area contributed by atoms with Gasteiger partial charge in [0.2, 0.25) is 12.6 Å². The van der Waals surface area contributed by atoms with Gasteiger partial charge in [0.1, 0.15) is 11.5 Å². The van der Waals surface area contributed by atoms with Crippen LogP contribution in [0.1, 0.15) is 26.3 Å². The van der Waals surface area contributed by atoms with Crippen molar-refractivity contribution in [2.45, 2.75) is 0 Å². The van der Waals surface area contributed by atoms with Crippen LogP contribution < -0.4 is 28.4 Å². The molecule has 3 aromatic carbocycles. The van der Waals surface area contributed by atoms with Gasteiger partial charge in [-0.3, -0.25) is 4.79 Å². The number of fused-ring (bicyclic) bond motifs is 2. The lowest BCUT2D eigenvalue weighted by Crippen LogP contribution is -2.09. The molecule has 2 aliphatic rings. The van der Waals surface area contributed by atoms with Crippen molar-refractivity contribution in [3.8, 4) is 34.5 Å². The number of methoxy groups -OCH3 is 2. The Bertz CT molecular complexity index is 1310. The van der Waals surface area contributed by atoms with E-state index >= 15 is 0 Å².